The van der Waals surface area contributed by atoms with Crippen LogP contribution in [-0.2, 0) is 16.2 Å². The molecule has 204 valence electrons. The summed E-state index contributed by atoms with van der Waals surface area (Å²) in [5, 5.41) is 23.3. The summed E-state index contributed by atoms with van der Waals surface area (Å²) in [6.45, 7) is 0.332. The van der Waals surface area contributed by atoms with Crippen molar-refractivity contribution in [2.45, 2.75) is 18.7 Å². The van der Waals surface area contributed by atoms with Crippen LogP contribution in [0.3, 0.4) is 0 Å². The number of nitrogens with one attached hydrogen (secondary N) is 3. The zero-order valence-electron chi connectivity index (χ0n) is 21.8. The maximum Gasteiger partial charge on any atom is 0.330 e. The third-order valence-electron chi connectivity index (χ3n) is 6.19. The number of benzene rings is 4. The van der Waals surface area contributed by atoms with Gasteiger partial charge in [-0.05, 0) is 53.1 Å². The number of amidine groups is 1. The number of carbonyl (C=O) groups excluding carboxylic acids is 1. The van der Waals surface area contributed by atoms with E-state index >= 15 is 0 Å². The molecular formula is C31H30N4O5. The summed E-state index contributed by atoms with van der Waals surface area (Å²) in [6, 6.07) is 27.7. The van der Waals surface area contributed by atoms with E-state index in [-0.39, 0.29) is 5.84 Å². The van der Waals surface area contributed by atoms with Crippen LogP contribution in [0.2, 0.25) is 0 Å². The van der Waals surface area contributed by atoms with E-state index in [9.17, 15) is 14.7 Å². The van der Waals surface area contributed by atoms with E-state index < -0.39 is 24.0 Å². The molecular weight excluding hydrogens is 508 g/mol. The smallest absolute Gasteiger partial charge is 0.330 e. The van der Waals surface area contributed by atoms with Crippen molar-refractivity contribution in [1.29, 1.82) is 5.41 Å². The van der Waals surface area contributed by atoms with Crippen LogP contribution in [0.5, 0.6) is 11.5 Å². The molecule has 0 bridgehead atoms. The van der Waals surface area contributed by atoms with Crippen molar-refractivity contribution in [2.75, 3.05) is 12.4 Å². The molecule has 0 aliphatic rings. The molecule has 0 spiro atoms. The van der Waals surface area contributed by atoms with E-state index in [4.69, 9.17) is 20.6 Å². The molecule has 0 aliphatic carbocycles. The highest BCUT2D eigenvalue weighted by molar-refractivity contribution is 5.95. The van der Waals surface area contributed by atoms with Gasteiger partial charge in [0.15, 0.2) is 17.5 Å². The summed E-state index contributed by atoms with van der Waals surface area (Å²) in [5.74, 6) is -0.923. The Morgan fingerprint density at radius 2 is 1.50 bits per heavy atom. The lowest BCUT2D eigenvalue weighted by atomic mass is 10.0. The lowest BCUT2D eigenvalue weighted by Gasteiger charge is -2.24. The van der Waals surface area contributed by atoms with Gasteiger partial charge in [0.05, 0.1) is 7.11 Å². The molecule has 0 fully saturated rings. The molecule has 4 aromatic rings. The average Bonchev–Trinajstić information content (AvgIpc) is 2.98. The summed E-state index contributed by atoms with van der Waals surface area (Å²) >= 11 is 0. The van der Waals surface area contributed by atoms with Crippen LogP contribution in [0.15, 0.2) is 103 Å². The van der Waals surface area contributed by atoms with Crippen LogP contribution >= 0.6 is 0 Å². The number of aliphatic carboxylic acids is 1. The Labute approximate surface area is 232 Å². The summed E-state index contributed by atoms with van der Waals surface area (Å²) in [5.41, 5.74) is 8.62. The molecule has 6 N–H and O–H groups in total. The van der Waals surface area contributed by atoms with Crippen molar-refractivity contribution in [3.8, 4) is 11.5 Å². The molecule has 1 amide bonds. The van der Waals surface area contributed by atoms with Gasteiger partial charge in [0.25, 0.3) is 0 Å². The van der Waals surface area contributed by atoms with Gasteiger partial charge < -0.3 is 30.9 Å². The molecule has 2 atom stereocenters. The normalized spacial score (nSPS) is 12.0. The number of hydrogen-bond donors (Lipinski definition) is 5. The van der Waals surface area contributed by atoms with E-state index in [1.165, 1.54) is 7.11 Å². The Hall–Kier alpha value is -5.31. The number of hydrogen-bond acceptors (Lipinski definition) is 6. The van der Waals surface area contributed by atoms with Crippen LogP contribution in [0.25, 0.3) is 0 Å². The number of rotatable bonds is 12. The fraction of sp³-hybridized carbons (Fsp3) is 0.129. The minimum absolute atomic E-state index is 0.0798. The first-order valence-electron chi connectivity index (χ1n) is 12.5. The van der Waals surface area contributed by atoms with Gasteiger partial charge in [-0.15, -0.1) is 0 Å². The second-order valence-corrected chi connectivity index (χ2v) is 8.94. The number of ether oxygens (including phenoxy) is 2. The molecule has 0 unspecified atom stereocenters. The van der Waals surface area contributed by atoms with E-state index in [0.29, 0.717) is 40.5 Å². The first-order valence-corrected chi connectivity index (χ1v) is 12.5. The van der Waals surface area contributed by atoms with Gasteiger partial charge in [-0.2, -0.15) is 0 Å². The van der Waals surface area contributed by atoms with Gasteiger partial charge >= 0.3 is 5.97 Å². The maximum absolute atomic E-state index is 13.6. The van der Waals surface area contributed by atoms with E-state index in [1.54, 1.807) is 72.8 Å². The van der Waals surface area contributed by atoms with Gasteiger partial charge in [0.2, 0.25) is 5.91 Å². The highest BCUT2D eigenvalue weighted by Crippen LogP contribution is 2.33. The van der Waals surface area contributed by atoms with Crippen LogP contribution < -0.4 is 25.8 Å². The number of anilines is 1. The summed E-state index contributed by atoms with van der Waals surface area (Å²) in [7, 11) is 1.51. The van der Waals surface area contributed by atoms with Crippen molar-refractivity contribution in [3.05, 3.63) is 125 Å². The van der Waals surface area contributed by atoms with Crippen LogP contribution in [0, 0.1) is 5.41 Å². The summed E-state index contributed by atoms with van der Waals surface area (Å²) in [4.78, 5) is 25.7. The third-order valence-corrected chi connectivity index (χ3v) is 6.19. The quantitative estimate of drug-likeness (QED) is 0.130. The van der Waals surface area contributed by atoms with Crippen molar-refractivity contribution < 1.29 is 24.2 Å². The first-order chi connectivity index (χ1) is 19.4. The third kappa shape index (κ3) is 6.96. The molecule has 0 saturated carbocycles. The standard InChI is InChI=1S/C31H30N4O5/c1-39-26-18-23(14-17-25(26)40-19-20-8-4-2-5-9-20)27(34-24-15-12-22(13-16-24)29(32)33)30(36)35-28(31(37)38)21-10-6-3-7-11-21/h2-18,27-28,34H,19H2,1H3,(H3,32,33)(H,35,36)(H,37,38)/t27-,28+/m0/s1. The van der Waals surface area contributed by atoms with Gasteiger partial charge in [-0.25, -0.2) is 4.79 Å². The van der Waals surface area contributed by atoms with E-state index in [0.717, 1.165) is 5.56 Å². The number of amides is 1. The second-order valence-electron chi connectivity index (χ2n) is 8.94. The Morgan fingerprint density at radius 1 is 0.850 bits per heavy atom. The first kappa shape index (κ1) is 27.7. The lowest BCUT2D eigenvalue weighted by molar-refractivity contribution is -0.142. The summed E-state index contributed by atoms with van der Waals surface area (Å²) < 4.78 is 11.5. The highest BCUT2D eigenvalue weighted by Gasteiger charge is 2.28. The topological polar surface area (TPSA) is 147 Å². The Bertz CT molecular complexity index is 1460. The minimum Gasteiger partial charge on any atom is -0.493 e. The Morgan fingerprint density at radius 3 is 2.10 bits per heavy atom. The molecule has 0 heterocycles. The van der Waals surface area contributed by atoms with Crippen molar-refractivity contribution in [1.82, 2.24) is 5.32 Å². The molecule has 9 heteroatoms. The zero-order chi connectivity index (χ0) is 28.5. The van der Waals surface area contributed by atoms with Gasteiger partial charge in [-0.3, -0.25) is 10.2 Å². The lowest BCUT2D eigenvalue weighted by Crippen LogP contribution is -2.39. The van der Waals surface area contributed by atoms with Gasteiger partial charge in [0, 0.05) is 11.3 Å². The minimum atomic E-state index is -1.26. The Balaban J connectivity index is 1.64. The van der Waals surface area contributed by atoms with Gasteiger partial charge in [0.1, 0.15) is 18.5 Å². The van der Waals surface area contributed by atoms with Crippen LogP contribution in [0.1, 0.15) is 34.3 Å². The van der Waals surface area contributed by atoms with Crippen molar-refractivity contribution in [2.24, 2.45) is 5.73 Å². The number of nitrogens with two attached hydrogens (primary N) is 1. The SMILES string of the molecule is COc1cc([C@H](Nc2ccc(C(=N)N)cc2)C(=O)N[C@@H](C(=O)O)c2ccccc2)ccc1OCc1ccccc1. The average molecular weight is 539 g/mol. The number of carboxylic acid groups (broad SMARTS) is 1. The number of carboxylic acids is 1. The highest BCUT2D eigenvalue weighted by atomic mass is 16.5. The monoisotopic (exact) mass is 538 g/mol. The van der Waals surface area contributed by atoms with Crippen molar-refractivity contribution >= 4 is 23.4 Å². The van der Waals surface area contributed by atoms with E-state index in [1.807, 2.05) is 30.3 Å². The van der Waals surface area contributed by atoms with Gasteiger partial charge in [-0.1, -0.05) is 66.7 Å². The molecule has 0 radical (unpaired) electrons. The maximum atomic E-state index is 13.6. The number of methoxy groups -OCH3 is 1. The molecule has 0 aromatic heterocycles. The van der Waals surface area contributed by atoms with Crippen molar-refractivity contribution in [3.63, 3.8) is 0 Å². The zero-order valence-corrected chi connectivity index (χ0v) is 21.8. The second kappa shape index (κ2) is 13.0. The van der Waals surface area contributed by atoms with E-state index in [2.05, 4.69) is 10.6 Å². The molecule has 9 nitrogen and oxygen atoms in total. The van der Waals surface area contributed by atoms with Crippen LogP contribution in [0.4, 0.5) is 5.69 Å². The molecule has 0 saturated heterocycles. The predicted molar refractivity (Wildman–Crippen MR) is 153 cm³/mol. The Kier molecular flexibility index (Phi) is 8.99. The summed E-state index contributed by atoms with van der Waals surface area (Å²) in [6.07, 6.45) is 0. The fourth-order valence-corrected chi connectivity index (χ4v) is 4.09. The van der Waals surface area contributed by atoms with Crippen LogP contribution in [-0.4, -0.2) is 29.9 Å². The number of carbonyl (C=O) groups is 2. The largest absolute Gasteiger partial charge is 0.493 e. The molecule has 0 aliphatic heterocycles. The molecule has 40 heavy (non-hydrogen) atoms. The molecule has 4 rings (SSSR count). The molecule has 4 aromatic carbocycles. The fourth-order valence-electron chi connectivity index (χ4n) is 4.09. The predicted octanol–water partition coefficient (Wildman–Crippen LogP) is 4.65. The number of nitrogen functional groups attached to an aromatic ring is 1.